The molecule has 0 N–H and O–H groups in total. The number of anilines is 1. The molecule has 0 saturated carbocycles. The van der Waals surface area contributed by atoms with Crippen LogP contribution in [0.5, 0.6) is 5.75 Å². The van der Waals surface area contributed by atoms with Crippen LogP contribution in [0.15, 0.2) is 54.6 Å². The topological polar surface area (TPSA) is 29.5 Å². The molecule has 1 atom stereocenters. The first kappa shape index (κ1) is 15.0. The van der Waals surface area contributed by atoms with Gasteiger partial charge in [-0.25, -0.2) is 4.39 Å². The van der Waals surface area contributed by atoms with Gasteiger partial charge in [0.15, 0.2) is 6.10 Å². The Morgan fingerprint density at radius 2 is 1.76 bits per heavy atom. The van der Waals surface area contributed by atoms with Crippen LogP contribution in [0.3, 0.4) is 0 Å². The molecule has 0 radical (unpaired) electrons. The standard InChI is InChI=1S/C17H18FNO2/c1-3-16(21-15-11-9-13(18)10-12-15)17(20)19(2)14-7-5-4-6-8-14/h4-12,16H,3H2,1-2H3/t16-/m0/s1. The van der Waals surface area contributed by atoms with E-state index in [0.717, 1.165) is 5.69 Å². The molecule has 0 aliphatic heterocycles. The van der Waals surface area contributed by atoms with Gasteiger partial charge in [-0.1, -0.05) is 25.1 Å². The first-order valence-corrected chi connectivity index (χ1v) is 6.86. The van der Waals surface area contributed by atoms with Gasteiger partial charge in [0.05, 0.1) is 0 Å². The molecule has 0 unspecified atom stereocenters. The second kappa shape index (κ2) is 6.88. The molecule has 1 amide bonds. The van der Waals surface area contributed by atoms with E-state index in [1.54, 1.807) is 11.9 Å². The summed E-state index contributed by atoms with van der Waals surface area (Å²) in [7, 11) is 1.72. The summed E-state index contributed by atoms with van der Waals surface area (Å²) in [6.07, 6.45) is -0.0615. The average molecular weight is 287 g/mol. The lowest BCUT2D eigenvalue weighted by atomic mass is 10.2. The fourth-order valence-electron chi connectivity index (χ4n) is 1.98. The molecule has 110 valence electrons. The van der Waals surface area contributed by atoms with Gasteiger partial charge in [-0.2, -0.15) is 0 Å². The van der Waals surface area contributed by atoms with E-state index in [1.165, 1.54) is 24.3 Å². The molecule has 2 aromatic carbocycles. The maximum Gasteiger partial charge on any atom is 0.267 e. The van der Waals surface area contributed by atoms with Crippen LogP contribution in [-0.4, -0.2) is 19.1 Å². The molecule has 2 rings (SSSR count). The van der Waals surface area contributed by atoms with Crippen LogP contribution >= 0.6 is 0 Å². The highest BCUT2D eigenvalue weighted by atomic mass is 19.1. The van der Waals surface area contributed by atoms with Crippen molar-refractivity contribution in [3.05, 3.63) is 60.4 Å². The maximum absolute atomic E-state index is 12.9. The van der Waals surface area contributed by atoms with Gasteiger partial charge in [-0.3, -0.25) is 4.79 Å². The number of benzene rings is 2. The van der Waals surface area contributed by atoms with E-state index in [9.17, 15) is 9.18 Å². The molecule has 0 fully saturated rings. The Morgan fingerprint density at radius 1 is 1.14 bits per heavy atom. The second-order valence-corrected chi connectivity index (χ2v) is 4.70. The molecule has 0 spiro atoms. The van der Waals surface area contributed by atoms with Gasteiger partial charge in [-0.05, 0) is 42.8 Å². The van der Waals surface area contributed by atoms with Crippen molar-refractivity contribution in [3.8, 4) is 5.75 Å². The molecule has 0 bridgehead atoms. The molecular formula is C17H18FNO2. The monoisotopic (exact) mass is 287 g/mol. The number of carbonyl (C=O) groups is 1. The third-order valence-corrected chi connectivity index (χ3v) is 3.21. The summed E-state index contributed by atoms with van der Waals surface area (Å²) < 4.78 is 18.5. The zero-order valence-corrected chi connectivity index (χ0v) is 12.1. The molecule has 0 aliphatic carbocycles. The summed E-state index contributed by atoms with van der Waals surface area (Å²) in [6, 6.07) is 15.0. The van der Waals surface area contributed by atoms with Crippen molar-refractivity contribution in [2.24, 2.45) is 0 Å². The van der Waals surface area contributed by atoms with Gasteiger partial charge in [0.25, 0.3) is 5.91 Å². The number of ether oxygens (including phenoxy) is 1. The van der Waals surface area contributed by atoms with Crippen molar-refractivity contribution < 1.29 is 13.9 Å². The van der Waals surface area contributed by atoms with Crippen molar-refractivity contribution >= 4 is 11.6 Å². The molecule has 4 heteroatoms. The van der Waals surface area contributed by atoms with Crippen molar-refractivity contribution in [3.63, 3.8) is 0 Å². The lowest BCUT2D eigenvalue weighted by Gasteiger charge is -2.24. The fourth-order valence-corrected chi connectivity index (χ4v) is 1.98. The number of hydrogen-bond acceptors (Lipinski definition) is 2. The third-order valence-electron chi connectivity index (χ3n) is 3.21. The van der Waals surface area contributed by atoms with Crippen molar-refractivity contribution in [1.82, 2.24) is 0 Å². The number of nitrogens with zero attached hydrogens (tertiary/aromatic N) is 1. The summed E-state index contributed by atoms with van der Waals surface area (Å²) in [5, 5.41) is 0. The average Bonchev–Trinajstić information content (AvgIpc) is 2.54. The highest BCUT2D eigenvalue weighted by molar-refractivity contribution is 5.96. The second-order valence-electron chi connectivity index (χ2n) is 4.70. The van der Waals surface area contributed by atoms with E-state index in [1.807, 2.05) is 37.3 Å². The predicted molar refractivity (Wildman–Crippen MR) is 81.0 cm³/mol. The molecule has 2 aromatic rings. The maximum atomic E-state index is 12.9. The minimum atomic E-state index is -0.597. The molecule has 0 heterocycles. The Kier molecular flexibility index (Phi) is 4.93. The van der Waals surface area contributed by atoms with Crippen LogP contribution in [0.1, 0.15) is 13.3 Å². The van der Waals surface area contributed by atoms with Crippen LogP contribution < -0.4 is 9.64 Å². The van der Waals surface area contributed by atoms with Crippen LogP contribution in [0.25, 0.3) is 0 Å². The molecular weight excluding hydrogens is 269 g/mol. The predicted octanol–water partition coefficient (Wildman–Crippen LogP) is 3.65. The van der Waals surface area contributed by atoms with E-state index in [4.69, 9.17) is 4.74 Å². The smallest absolute Gasteiger partial charge is 0.267 e. The van der Waals surface area contributed by atoms with E-state index in [0.29, 0.717) is 12.2 Å². The van der Waals surface area contributed by atoms with Crippen LogP contribution in [0.2, 0.25) is 0 Å². The normalized spacial score (nSPS) is 11.8. The minimum absolute atomic E-state index is 0.131. The summed E-state index contributed by atoms with van der Waals surface area (Å²) in [4.78, 5) is 14.0. The number of para-hydroxylation sites is 1. The number of halogens is 1. The summed E-state index contributed by atoms with van der Waals surface area (Å²) >= 11 is 0. The van der Waals surface area contributed by atoms with Crippen molar-refractivity contribution in [2.75, 3.05) is 11.9 Å². The SMILES string of the molecule is CC[C@H](Oc1ccc(F)cc1)C(=O)N(C)c1ccccc1. The molecule has 21 heavy (non-hydrogen) atoms. The molecule has 0 saturated heterocycles. The highest BCUT2D eigenvalue weighted by Crippen LogP contribution is 2.18. The lowest BCUT2D eigenvalue weighted by molar-refractivity contribution is -0.125. The van der Waals surface area contributed by atoms with Gasteiger partial charge in [-0.15, -0.1) is 0 Å². The van der Waals surface area contributed by atoms with E-state index in [-0.39, 0.29) is 11.7 Å². The largest absolute Gasteiger partial charge is 0.481 e. The Hall–Kier alpha value is -2.36. The molecule has 0 aliphatic rings. The quantitative estimate of drug-likeness (QED) is 0.840. The number of carbonyl (C=O) groups excluding carboxylic acids is 1. The van der Waals surface area contributed by atoms with Crippen LogP contribution in [0.4, 0.5) is 10.1 Å². The Morgan fingerprint density at radius 3 is 2.33 bits per heavy atom. The minimum Gasteiger partial charge on any atom is -0.481 e. The first-order chi connectivity index (χ1) is 10.1. The van der Waals surface area contributed by atoms with Crippen LogP contribution in [-0.2, 0) is 4.79 Å². The zero-order valence-electron chi connectivity index (χ0n) is 12.1. The van der Waals surface area contributed by atoms with Crippen molar-refractivity contribution in [1.29, 1.82) is 0 Å². The van der Waals surface area contributed by atoms with Gasteiger partial charge in [0.2, 0.25) is 0 Å². The Balaban J connectivity index is 2.09. The first-order valence-electron chi connectivity index (χ1n) is 6.86. The van der Waals surface area contributed by atoms with E-state index in [2.05, 4.69) is 0 Å². The van der Waals surface area contributed by atoms with Gasteiger partial charge in [0, 0.05) is 12.7 Å². The van der Waals surface area contributed by atoms with Gasteiger partial charge in [0.1, 0.15) is 11.6 Å². The van der Waals surface area contributed by atoms with Crippen LogP contribution in [0, 0.1) is 5.82 Å². The Bertz CT molecular complexity index is 583. The third kappa shape index (κ3) is 3.81. The fraction of sp³-hybridized carbons (Fsp3) is 0.235. The molecule has 3 nitrogen and oxygen atoms in total. The number of amides is 1. The number of likely N-dealkylation sites (N-methyl/N-ethyl adjacent to an activating group) is 1. The van der Waals surface area contributed by atoms with Gasteiger partial charge >= 0.3 is 0 Å². The summed E-state index contributed by atoms with van der Waals surface area (Å²) in [5.41, 5.74) is 0.809. The summed E-state index contributed by atoms with van der Waals surface area (Å²) in [6.45, 7) is 1.88. The zero-order chi connectivity index (χ0) is 15.2. The van der Waals surface area contributed by atoms with E-state index >= 15 is 0 Å². The highest BCUT2D eigenvalue weighted by Gasteiger charge is 2.23. The number of rotatable bonds is 5. The Labute approximate surface area is 124 Å². The molecule has 0 aromatic heterocycles. The number of hydrogen-bond donors (Lipinski definition) is 0. The van der Waals surface area contributed by atoms with Gasteiger partial charge < -0.3 is 9.64 Å². The van der Waals surface area contributed by atoms with E-state index < -0.39 is 6.10 Å². The lowest BCUT2D eigenvalue weighted by Crippen LogP contribution is -2.39. The van der Waals surface area contributed by atoms with Crippen molar-refractivity contribution in [2.45, 2.75) is 19.4 Å². The summed E-state index contributed by atoms with van der Waals surface area (Å²) in [5.74, 6) is 0.0224.